The van der Waals surface area contributed by atoms with Crippen LogP contribution in [0.4, 0.5) is 0 Å². The van der Waals surface area contributed by atoms with E-state index in [-0.39, 0.29) is 36.8 Å². The number of sulfonamides is 1. The van der Waals surface area contributed by atoms with Crippen LogP contribution in [0.5, 0.6) is 0 Å². The molecule has 9 nitrogen and oxygen atoms in total. The molecule has 1 N–H and O–H groups in total. The van der Waals surface area contributed by atoms with Crippen LogP contribution in [-0.2, 0) is 26.4 Å². The first-order valence-corrected chi connectivity index (χ1v) is 15.2. The number of benzene rings is 2. The fraction of sp³-hybridized carbons (Fsp3) is 0.261. The third kappa shape index (κ3) is 4.91. The Bertz CT molecular complexity index is 1550. The van der Waals surface area contributed by atoms with Gasteiger partial charge >= 0.3 is 0 Å². The maximum atomic E-state index is 13.0. The predicted molar refractivity (Wildman–Crippen MR) is 141 cm³/mol. The van der Waals surface area contributed by atoms with Crippen molar-refractivity contribution >= 4 is 48.8 Å². The van der Waals surface area contributed by atoms with Crippen molar-refractivity contribution in [2.45, 2.75) is 6.54 Å². The number of fused-ring (bicyclic) bond motifs is 1. The SMILES string of the molecule is CN1Cc2c(nn(-c3ccccc3Cl)c2-c2ccc(Cl)cc2)C(NN2CCS(=O)(=O)CC2)=CS1(=O)=O. The molecule has 0 bridgehead atoms. The van der Waals surface area contributed by atoms with Gasteiger partial charge in [-0.15, -0.1) is 0 Å². The molecule has 0 saturated carbocycles. The van der Waals surface area contributed by atoms with E-state index in [1.54, 1.807) is 27.9 Å². The first-order chi connectivity index (χ1) is 17.0. The van der Waals surface area contributed by atoms with E-state index in [0.29, 0.717) is 32.7 Å². The third-order valence-electron chi connectivity index (χ3n) is 6.14. The van der Waals surface area contributed by atoms with Gasteiger partial charge in [0, 0.05) is 42.8 Å². The van der Waals surface area contributed by atoms with Gasteiger partial charge in [-0.05, 0) is 24.3 Å². The van der Waals surface area contributed by atoms with Crippen LogP contribution in [0.15, 0.2) is 53.9 Å². The number of aromatic nitrogens is 2. The standard InChI is InChI=1S/C23H23Cl2N5O4S2/c1-28-14-18-22(20(15-36(28,33)34)26-29-10-12-35(31,32)13-11-29)27-30(21-5-3-2-4-19(21)25)23(18)16-6-8-17(24)9-7-16/h2-9,15,26H,10-14H2,1H3. The zero-order chi connectivity index (χ0) is 25.7. The number of halogens is 2. The molecule has 0 unspecified atom stereocenters. The number of nitrogens with one attached hydrogen (secondary N) is 1. The Labute approximate surface area is 219 Å². The summed E-state index contributed by atoms with van der Waals surface area (Å²) in [5.41, 5.74) is 6.58. The molecular weight excluding hydrogens is 545 g/mol. The van der Waals surface area contributed by atoms with Gasteiger partial charge < -0.3 is 5.43 Å². The minimum atomic E-state index is -3.78. The van der Waals surface area contributed by atoms with Crippen LogP contribution < -0.4 is 5.43 Å². The summed E-state index contributed by atoms with van der Waals surface area (Å²) in [6, 6.07) is 14.5. The molecule has 0 amide bonds. The highest BCUT2D eigenvalue weighted by Crippen LogP contribution is 2.37. The van der Waals surface area contributed by atoms with Crippen LogP contribution in [0.1, 0.15) is 11.3 Å². The first kappa shape index (κ1) is 25.2. The van der Waals surface area contributed by atoms with Gasteiger partial charge in [0.05, 0.1) is 39.0 Å². The summed E-state index contributed by atoms with van der Waals surface area (Å²) in [7, 11) is -5.39. The van der Waals surface area contributed by atoms with E-state index in [4.69, 9.17) is 28.3 Å². The van der Waals surface area contributed by atoms with Crippen LogP contribution in [0.2, 0.25) is 10.0 Å². The van der Waals surface area contributed by atoms with Gasteiger partial charge in [0.25, 0.3) is 0 Å². The van der Waals surface area contributed by atoms with Gasteiger partial charge in [0.15, 0.2) is 9.84 Å². The Hall–Kier alpha value is -2.41. The van der Waals surface area contributed by atoms with Crippen molar-refractivity contribution in [3.8, 4) is 16.9 Å². The highest BCUT2D eigenvalue weighted by atomic mass is 35.5. The van der Waals surface area contributed by atoms with E-state index in [2.05, 4.69) is 5.43 Å². The van der Waals surface area contributed by atoms with E-state index >= 15 is 0 Å². The summed E-state index contributed by atoms with van der Waals surface area (Å²) in [5, 5.41) is 8.73. The van der Waals surface area contributed by atoms with Gasteiger partial charge in [0.2, 0.25) is 10.0 Å². The molecular formula is C23H23Cl2N5O4S2. The fourth-order valence-electron chi connectivity index (χ4n) is 4.20. The molecule has 36 heavy (non-hydrogen) atoms. The van der Waals surface area contributed by atoms with E-state index < -0.39 is 19.9 Å². The second-order valence-corrected chi connectivity index (χ2v) is 13.7. The second kappa shape index (κ2) is 9.47. The average Bonchev–Trinajstić information content (AvgIpc) is 3.15. The summed E-state index contributed by atoms with van der Waals surface area (Å²) >= 11 is 12.7. The molecule has 0 aliphatic carbocycles. The molecule has 3 heterocycles. The van der Waals surface area contributed by atoms with Crippen LogP contribution in [0, 0.1) is 0 Å². The summed E-state index contributed by atoms with van der Waals surface area (Å²) in [5.74, 6) is -0.0340. The van der Waals surface area contributed by atoms with Crippen molar-refractivity contribution in [2.24, 2.45) is 0 Å². The number of hydrogen-bond donors (Lipinski definition) is 1. The maximum absolute atomic E-state index is 13.0. The van der Waals surface area contributed by atoms with Crippen molar-refractivity contribution in [1.82, 2.24) is 24.5 Å². The predicted octanol–water partition coefficient (Wildman–Crippen LogP) is 3.15. The molecule has 0 radical (unpaired) electrons. The summed E-state index contributed by atoms with van der Waals surface area (Å²) in [6.07, 6.45) is 0. The van der Waals surface area contributed by atoms with Crippen molar-refractivity contribution in [3.05, 3.63) is 75.2 Å². The lowest BCUT2D eigenvalue weighted by Gasteiger charge is -2.28. The van der Waals surface area contributed by atoms with Crippen LogP contribution in [0.25, 0.3) is 22.6 Å². The number of rotatable bonds is 4. The Kier molecular flexibility index (Phi) is 6.64. The second-order valence-electron chi connectivity index (χ2n) is 8.63. The van der Waals surface area contributed by atoms with E-state index in [1.807, 2.05) is 30.3 Å². The molecule has 1 aromatic heterocycles. The van der Waals surface area contributed by atoms with Gasteiger partial charge in [0.1, 0.15) is 5.69 Å². The lowest BCUT2D eigenvalue weighted by Crippen LogP contribution is -2.47. The monoisotopic (exact) mass is 567 g/mol. The highest BCUT2D eigenvalue weighted by Gasteiger charge is 2.33. The Morgan fingerprint density at radius 2 is 1.61 bits per heavy atom. The Balaban J connectivity index is 1.70. The fourth-order valence-corrected chi connectivity index (χ4v) is 6.69. The molecule has 2 aliphatic rings. The molecule has 0 spiro atoms. The smallest absolute Gasteiger partial charge is 0.238 e. The van der Waals surface area contributed by atoms with Crippen molar-refractivity contribution in [1.29, 1.82) is 0 Å². The largest absolute Gasteiger partial charge is 0.316 e. The lowest BCUT2D eigenvalue weighted by atomic mass is 10.0. The lowest BCUT2D eigenvalue weighted by molar-refractivity contribution is 0.248. The van der Waals surface area contributed by atoms with Crippen LogP contribution in [0.3, 0.4) is 0 Å². The van der Waals surface area contributed by atoms with Crippen LogP contribution in [-0.4, -0.2) is 67.6 Å². The van der Waals surface area contributed by atoms with Gasteiger partial charge in [-0.25, -0.2) is 26.5 Å². The van der Waals surface area contributed by atoms with Gasteiger partial charge in [-0.1, -0.05) is 47.5 Å². The Morgan fingerprint density at radius 3 is 2.28 bits per heavy atom. The number of hydrogen-bond acceptors (Lipinski definition) is 7. The van der Waals surface area contributed by atoms with Gasteiger partial charge in [-0.2, -0.15) is 9.40 Å². The molecule has 1 fully saturated rings. The molecule has 5 rings (SSSR count). The zero-order valence-electron chi connectivity index (χ0n) is 19.2. The Morgan fingerprint density at radius 1 is 0.944 bits per heavy atom. The summed E-state index contributed by atoms with van der Waals surface area (Å²) in [6.45, 7) is 0.510. The molecule has 2 aromatic carbocycles. The zero-order valence-corrected chi connectivity index (χ0v) is 22.4. The van der Waals surface area contributed by atoms with Crippen molar-refractivity contribution in [3.63, 3.8) is 0 Å². The molecule has 190 valence electrons. The van der Waals surface area contributed by atoms with E-state index in [9.17, 15) is 16.8 Å². The van der Waals surface area contributed by atoms with E-state index in [1.165, 1.54) is 11.4 Å². The quantitative estimate of drug-likeness (QED) is 0.516. The minimum absolute atomic E-state index is 0.0170. The molecule has 2 aliphatic heterocycles. The maximum Gasteiger partial charge on any atom is 0.238 e. The third-order valence-corrected chi connectivity index (χ3v) is 9.85. The molecule has 3 aromatic rings. The van der Waals surface area contributed by atoms with E-state index in [0.717, 1.165) is 11.0 Å². The minimum Gasteiger partial charge on any atom is -0.316 e. The summed E-state index contributed by atoms with van der Waals surface area (Å²) < 4.78 is 52.8. The van der Waals surface area contributed by atoms with Crippen molar-refractivity contribution in [2.75, 3.05) is 31.6 Å². The van der Waals surface area contributed by atoms with Crippen LogP contribution >= 0.6 is 23.2 Å². The molecule has 13 heteroatoms. The highest BCUT2D eigenvalue weighted by molar-refractivity contribution is 7.92. The number of nitrogens with zero attached hydrogens (tertiary/aromatic N) is 4. The van der Waals surface area contributed by atoms with Gasteiger partial charge in [-0.3, -0.25) is 0 Å². The topological polar surface area (TPSA) is 105 Å². The number of para-hydroxylation sites is 1. The normalized spacial score (nSPS) is 19.8. The summed E-state index contributed by atoms with van der Waals surface area (Å²) in [4.78, 5) is 0. The number of hydrazine groups is 1. The molecule has 0 atom stereocenters. The molecule has 1 saturated heterocycles. The first-order valence-electron chi connectivity index (χ1n) is 11.1. The average molecular weight is 569 g/mol. The number of sulfone groups is 1. The van der Waals surface area contributed by atoms with Crippen molar-refractivity contribution < 1.29 is 16.8 Å².